The van der Waals surface area contributed by atoms with Crippen molar-refractivity contribution in [3.8, 4) is 10.4 Å². The fraction of sp³-hybridized carbons (Fsp3) is 0.214. The van der Waals surface area contributed by atoms with Gasteiger partial charge in [-0.2, -0.15) is 0 Å². The van der Waals surface area contributed by atoms with Crippen LogP contribution in [0.15, 0.2) is 36.4 Å². The van der Waals surface area contributed by atoms with Gasteiger partial charge in [-0.15, -0.1) is 11.3 Å². The maximum Gasteiger partial charge on any atom is 0.254 e. The van der Waals surface area contributed by atoms with Crippen molar-refractivity contribution in [1.29, 1.82) is 0 Å². The Bertz CT molecular complexity index is 534. The molecule has 0 aliphatic rings. The predicted molar refractivity (Wildman–Crippen MR) is 76.8 cm³/mol. The number of hydrogen-bond donors (Lipinski definition) is 2. The van der Waals surface area contributed by atoms with E-state index in [1.165, 1.54) is 11.3 Å². The van der Waals surface area contributed by atoms with Crippen LogP contribution in [0.2, 0.25) is 0 Å². The molecule has 0 bridgehead atoms. The molecular formula is C14H16N2OS. The maximum absolute atomic E-state index is 11.9. The Morgan fingerprint density at radius 2 is 2.06 bits per heavy atom. The van der Waals surface area contributed by atoms with Crippen molar-refractivity contribution in [3.05, 3.63) is 42.0 Å². The first-order chi connectivity index (χ1) is 8.72. The highest BCUT2D eigenvalue weighted by molar-refractivity contribution is 7.19. The van der Waals surface area contributed by atoms with Crippen LogP contribution in [0.5, 0.6) is 0 Å². The fourth-order valence-electron chi connectivity index (χ4n) is 1.66. The molecule has 3 nitrogen and oxygen atoms in total. The quantitative estimate of drug-likeness (QED) is 0.887. The summed E-state index contributed by atoms with van der Waals surface area (Å²) < 4.78 is 0. The number of rotatable bonds is 4. The zero-order valence-electron chi connectivity index (χ0n) is 10.3. The summed E-state index contributed by atoms with van der Waals surface area (Å²) in [5.41, 5.74) is 7.57. The first-order valence-electron chi connectivity index (χ1n) is 5.95. The van der Waals surface area contributed by atoms with Crippen LogP contribution in [-0.4, -0.2) is 12.5 Å². The van der Waals surface area contributed by atoms with E-state index in [9.17, 15) is 4.79 Å². The highest BCUT2D eigenvalue weighted by Crippen LogP contribution is 2.33. The molecule has 0 aliphatic heterocycles. The summed E-state index contributed by atoms with van der Waals surface area (Å²) in [7, 11) is 0. The lowest BCUT2D eigenvalue weighted by Crippen LogP contribution is -2.24. The summed E-state index contributed by atoms with van der Waals surface area (Å²) in [4.78, 5) is 12.9. The van der Waals surface area contributed by atoms with E-state index in [1.807, 2.05) is 43.3 Å². The lowest BCUT2D eigenvalue weighted by atomic mass is 10.1. The van der Waals surface area contributed by atoms with Gasteiger partial charge in [-0.25, -0.2) is 0 Å². The summed E-state index contributed by atoms with van der Waals surface area (Å²) in [5, 5.41) is 3.41. The van der Waals surface area contributed by atoms with Crippen LogP contribution < -0.4 is 11.1 Å². The largest absolute Gasteiger partial charge is 0.390 e. The Labute approximate surface area is 111 Å². The molecule has 1 aromatic heterocycles. The van der Waals surface area contributed by atoms with Crippen LogP contribution in [0.1, 0.15) is 23.7 Å². The van der Waals surface area contributed by atoms with Gasteiger partial charge in [-0.05, 0) is 18.1 Å². The van der Waals surface area contributed by atoms with Crippen molar-refractivity contribution in [2.75, 3.05) is 12.3 Å². The average molecular weight is 260 g/mol. The molecule has 0 spiro atoms. The number of nitrogen functional groups attached to an aromatic ring is 1. The van der Waals surface area contributed by atoms with Gasteiger partial charge < -0.3 is 11.1 Å². The lowest BCUT2D eigenvalue weighted by Gasteiger charge is -2.01. The van der Waals surface area contributed by atoms with Gasteiger partial charge in [0.15, 0.2) is 0 Å². The number of carbonyl (C=O) groups is 1. The Hall–Kier alpha value is -1.81. The molecule has 4 heteroatoms. The number of nitrogens with one attached hydrogen (secondary N) is 1. The molecular weight excluding hydrogens is 244 g/mol. The van der Waals surface area contributed by atoms with E-state index >= 15 is 0 Å². The SMILES string of the molecule is CCCNC(=O)c1cc(-c2ccccc2)sc1N. The molecule has 2 aromatic rings. The summed E-state index contributed by atoms with van der Waals surface area (Å²) in [5.74, 6) is -0.0900. The Morgan fingerprint density at radius 3 is 2.72 bits per heavy atom. The van der Waals surface area contributed by atoms with E-state index in [0.717, 1.165) is 16.9 Å². The molecule has 3 N–H and O–H groups in total. The number of benzene rings is 1. The maximum atomic E-state index is 11.9. The highest BCUT2D eigenvalue weighted by Gasteiger charge is 2.14. The Kier molecular flexibility index (Phi) is 3.99. The Morgan fingerprint density at radius 1 is 1.33 bits per heavy atom. The normalized spacial score (nSPS) is 10.3. The van der Waals surface area contributed by atoms with Crippen molar-refractivity contribution in [1.82, 2.24) is 5.32 Å². The van der Waals surface area contributed by atoms with Crippen molar-refractivity contribution in [2.45, 2.75) is 13.3 Å². The predicted octanol–water partition coefficient (Wildman–Crippen LogP) is 3.14. The molecule has 1 aromatic carbocycles. The van der Waals surface area contributed by atoms with Gasteiger partial charge in [0.05, 0.1) is 10.6 Å². The second-order valence-corrected chi connectivity index (χ2v) is 5.09. The first kappa shape index (κ1) is 12.6. The van der Waals surface area contributed by atoms with Gasteiger partial charge in [0.1, 0.15) is 0 Å². The van der Waals surface area contributed by atoms with Crippen molar-refractivity contribution in [3.63, 3.8) is 0 Å². The smallest absolute Gasteiger partial charge is 0.254 e. The van der Waals surface area contributed by atoms with Crippen LogP contribution in [0.25, 0.3) is 10.4 Å². The standard InChI is InChI=1S/C14H16N2OS/c1-2-8-16-14(17)11-9-12(18-13(11)15)10-6-4-3-5-7-10/h3-7,9H,2,8,15H2,1H3,(H,16,17). The monoisotopic (exact) mass is 260 g/mol. The van der Waals surface area contributed by atoms with Gasteiger partial charge in [0.2, 0.25) is 0 Å². The third-order valence-corrected chi connectivity index (χ3v) is 3.61. The van der Waals surface area contributed by atoms with Crippen LogP contribution in [0.3, 0.4) is 0 Å². The Balaban J connectivity index is 2.25. The molecule has 0 aliphatic carbocycles. The summed E-state index contributed by atoms with van der Waals surface area (Å²) >= 11 is 1.45. The molecule has 0 saturated heterocycles. The van der Waals surface area contributed by atoms with Gasteiger partial charge in [-0.1, -0.05) is 37.3 Å². The molecule has 2 rings (SSSR count). The summed E-state index contributed by atoms with van der Waals surface area (Å²) in [6.45, 7) is 2.70. The molecule has 1 heterocycles. The van der Waals surface area contributed by atoms with E-state index in [1.54, 1.807) is 0 Å². The van der Waals surface area contributed by atoms with Crippen LogP contribution in [0.4, 0.5) is 5.00 Å². The third-order valence-electron chi connectivity index (χ3n) is 2.60. The van der Waals surface area contributed by atoms with E-state index in [2.05, 4.69) is 5.32 Å². The topological polar surface area (TPSA) is 55.1 Å². The van der Waals surface area contributed by atoms with E-state index in [-0.39, 0.29) is 5.91 Å². The fourth-order valence-corrected chi connectivity index (χ4v) is 2.59. The van der Waals surface area contributed by atoms with E-state index in [0.29, 0.717) is 17.1 Å². The zero-order chi connectivity index (χ0) is 13.0. The second-order valence-electron chi connectivity index (χ2n) is 4.01. The molecule has 94 valence electrons. The number of amides is 1. The number of nitrogens with two attached hydrogens (primary N) is 1. The molecule has 0 fully saturated rings. The zero-order valence-corrected chi connectivity index (χ0v) is 11.1. The van der Waals surface area contributed by atoms with Gasteiger partial charge in [0, 0.05) is 11.4 Å². The lowest BCUT2D eigenvalue weighted by molar-refractivity contribution is 0.0955. The highest BCUT2D eigenvalue weighted by atomic mass is 32.1. The van der Waals surface area contributed by atoms with Crippen molar-refractivity contribution in [2.24, 2.45) is 0 Å². The first-order valence-corrected chi connectivity index (χ1v) is 6.77. The summed E-state index contributed by atoms with van der Waals surface area (Å²) in [6.07, 6.45) is 0.918. The molecule has 0 radical (unpaired) electrons. The van der Waals surface area contributed by atoms with Gasteiger partial charge in [0.25, 0.3) is 5.91 Å². The second kappa shape index (κ2) is 5.69. The molecule has 0 atom stereocenters. The molecule has 18 heavy (non-hydrogen) atoms. The van der Waals surface area contributed by atoms with Crippen LogP contribution in [-0.2, 0) is 0 Å². The number of hydrogen-bond acceptors (Lipinski definition) is 3. The average Bonchev–Trinajstić information content (AvgIpc) is 2.79. The number of carbonyl (C=O) groups excluding carboxylic acids is 1. The number of anilines is 1. The van der Waals surface area contributed by atoms with Gasteiger partial charge >= 0.3 is 0 Å². The number of thiophene rings is 1. The minimum absolute atomic E-state index is 0.0900. The van der Waals surface area contributed by atoms with Gasteiger partial charge in [-0.3, -0.25) is 4.79 Å². The van der Waals surface area contributed by atoms with E-state index in [4.69, 9.17) is 5.73 Å². The van der Waals surface area contributed by atoms with Crippen molar-refractivity contribution < 1.29 is 4.79 Å². The minimum Gasteiger partial charge on any atom is -0.390 e. The molecule has 0 unspecified atom stereocenters. The van der Waals surface area contributed by atoms with Crippen molar-refractivity contribution >= 4 is 22.2 Å². The van der Waals surface area contributed by atoms with Crippen LogP contribution in [0, 0.1) is 0 Å². The third kappa shape index (κ3) is 2.71. The minimum atomic E-state index is -0.0900. The molecule has 0 saturated carbocycles. The summed E-state index contributed by atoms with van der Waals surface area (Å²) in [6, 6.07) is 11.8. The molecule has 1 amide bonds. The van der Waals surface area contributed by atoms with E-state index < -0.39 is 0 Å². The van der Waals surface area contributed by atoms with Crippen LogP contribution >= 0.6 is 11.3 Å².